The highest BCUT2D eigenvalue weighted by molar-refractivity contribution is 9.10. The summed E-state index contributed by atoms with van der Waals surface area (Å²) in [5.74, 6) is 0.114. The lowest BCUT2D eigenvalue weighted by Gasteiger charge is -2.09. The standard InChI is InChI=1S/C16H15BrFNO2/c1-11-3-2-4-13(9-11)21-8-7-19-16(20)14-6-5-12(18)10-15(14)17/h2-6,9-10H,7-8H2,1H3,(H,19,20). The Kier molecular flexibility index (Phi) is 5.33. The van der Waals surface area contributed by atoms with E-state index in [-0.39, 0.29) is 11.7 Å². The van der Waals surface area contributed by atoms with Crippen LogP contribution in [0.1, 0.15) is 15.9 Å². The minimum Gasteiger partial charge on any atom is -0.492 e. The van der Waals surface area contributed by atoms with Crippen LogP contribution in [0.4, 0.5) is 4.39 Å². The lowest BCUT2D eigenvalue weighted by Crippen LogP contribution is -2.28. The third kappa shape index (κ3) is 4.56. The molecule has 5 heteroatoms. The summed E-state index contributed by atoms with van der Waals surface area (Å²) in [7, 11) is 0. The fraction of sp³-hybridized carbons (Fsp3) is 0.188. The summed E-state index contributed by atoms with van der Waals surface area (Å²) in [5.41, 5.74) is 1.51. The number of carbonyl (C=O) groups excluding carboxylic acids is 1. The van der Waals surface area contributed by atoms with E-state index >= 15 is 0 Å². The van der Waals surface area contributed by atoms with Crippen molar-refractivity contribution in [3.63, 3.8) is 0 Å². The van der Waals surface area contributed by atoms with Gasteiger partial charge in [-0.25, -0.2) is 4.39 Å². The zero-order valence-electron chi connectivity index (χ0n) is 11.5. The molecule has 0 aromatic heterocycles. The smallest absolute Gasteiger partial charge is 0.252 e. The number of halogens is 2. The zero-order chi connectivity index (χ0) is 15.2. The molecule has 110 valence electrons. The molecule has 0 aliphatic carbocycles. The van der Waals surface area contributed by atoms with Gasteiger partial charge in [0.25, 0.3) is 5.91 Å². The van der Waals surface area contributed by atoms with Crippen LogP contribution in [0.5, 0.6) is 5.75 Å². The number of nitrogens with one attached hydrogen (secondary N) is 1. The van der Waals surface area contributed by atoms with Crippen LogP contribution in [0.25, 0.3) is 0 Å². The van der Waals surface area contributed by atoms with Gasteiger partial charge in [0.15, 0.2) is 0 Å². The van der Waals surface area contributed by atoms with Gasteiger partial charge in [-0.3, -0.25) is 4.79 Å². The fourth-order valence-corrected chi connectivity index (χ4v) is 2.34. The number of rotatable bonds is 5. The van der Waals surface area contributed by atoms with E-state index in [9.17, 15) is 9.18 Å². The maximum Gasteiger partial charge on any atom is 0.252 e. The normalized spacial score (nSPS) is 10.2. The predicted molar refractivity (Wildman–Crippen MR) is 83.1 cm³/mol. The Morgan fingerprint density at radius 2 is 2.10 bits per heavy atom. The average Bonchev–Trinajstić information content (AvgIpc) is 2.43. The lowest BCUT2D eigenvalue weighted by atomic mass is 10.2. The molecule has 0 radical (unpaired) electrons. The molecule has 0 saturated heterocycles. The number of carbonyl (C=O) groups is 1. The van der Waals surface area contributed by atoms with Gasteiger partial charge in [-0.15, -0.1) is 0 Å². The highest BCUT2D eigenvalue weighted by Crippen LogP contribution is 2.17. The summed E-state index contributed by atoms with van der Waals surface area (Å²) in [4.78, 5) is 11.9. The Hall–Kier alpha value is -1.88. The van der Waals surface area contributed by atoms with Crippen LogP contribution < -0.4 is 10.1 Å². The van der Waals surface area contributed by atoms with Gasteiger partial charge in [0.2, 0.25) is 0 Å². The van der Waals surface area contributed by atoms with Crippen molar-refractivity contribution in [2.24, 2.45) is 0 Å². The number of amides is 1. The van der Waals surface area contributed by atoms with Crippen LogP contribution in [-0.4, -0.2) is 19.1 Å². The highest BCUT2D eigenvalue weighted by Gasteiger charge is 2.10. The molecule has 1 amide bonds. The van der Waals surface area contributed by atoms with Gasteiger partial charge in [0.1, 0.15) is 18.2 Å². The summed E-state index contributed by atoms with van der Waals surface area (Å²) < 4.78 is 18.9. The number of benzene rings is 2. The van der Waals surface area contributed by atoms with E-state index in [0.717, 1.165) is 11.3 Å². The number of aryl methyl sites for hydroxylation is 1. The molecule has 3 nitrogen and oxygen atoms in total. The van der Waals surface area contributed by atoms with Gasteiger partial charge in [0.05, 0.1) is 12.1 Å². The molecule has 0 heterocycles. The van der Waals surface area contributed by atoms with E-state index in [1.54, 1.807) is 0 Å². The maximum atomic E-state index is 13.0. The molecule has 0 saturated carbocycles. The molecule has 0 aliphatic heterocycles. The molecule has 0 atom stereocenters. The second-order valence-electron chi connectivity index (χ2n) is 4.55. The number of hydrogen-bond acceptors (Lipinski definition) is 2. The van der Waals surface area contributed by atoms with Gasteiger partial charge in [-0.2, -0.15) is 0 Å². The summed E-state index contributed by atoms with van der Waals surface area (Å²) >= 11 is 3.17. The molecule has 2 rings (SSSR count). The SMILES string of the molecule is Cc1cccc(OCCNC(=O)c2ccc(F)cc2Br)c1. The lowest BCUT2D eigenvalue weighted by molar-refractivity contribution is 0.0946. The first kappa shape index (κ1) is 15.5. The maximum absolute atomic E-state index is 13.0. The summed E-state index contributed by atoms with van der Waals surface area (Å²) in [6, 6.07) is 11.7. The van der Waals surface area contributed by atoms with Crippen molar-refractivity contribution in [1.82, 2.24) is 5.32 Å². The molecule has 2 aromatic rings. The Labute approximate surface area is 131 Å². The first-order valence-electron chi connectivity index (χ1n) is 6.49. The summed E-state index contributed by atoms with van der Waals surface area (Å²) in [6.07, 6.45) is 0. The van der Waals surface area contributed by atoms with E-state index in [4.69, 9.17) is 4.74 Å². The van der Waals surface area contributed by atoms with Crippen LogP contribution in [0.3, 0.4) is 0 Å². The van der Waals surface area contributed by atoms with E-state index in [0.29, 0.717) is 23.2 Å². The molecule has 21 heavy (non-hydrogen) atoms. The van der Waals surface area contributed by atoms with Crippen molar-refractivity contribution in [1.29, 1.82) is 0 Å². The van der Waals surface area contributed by atoms with Crippen LogP contribution in [-0.2, 0) is 0 Å². The van der Waals surface area contributed by atoms with Crippen molar-refractivity contribution in [2.75, 3.05) is 13.2 Å². The predicted octanol–water partition coefficient (Wildman–Crippen LogP) is 3.71. The second kappa shape index (κ2) is 7.22. The van der Waals surface area contributed by atoms with Gasteiger partial charge < -0.3 is 10.1 Å². The average molecular weight is 352 g/mol. The minimum absolute atomic E-state index is 0.269. The van der Waals surface area contributed by atoms with Crippen molar-refractivity contribution in [3.8, 4) is 5.75 Å². The molecule has 1 N–H and O–H groups in total. The fourth-order valence-electron chi connectivity index (χ4n) is 1.81. The van der Waals surface area contributed by atoms with E-state index in [1.165, 1.54) is 18.2 Å². The molecule has 0 unspecified atom stereocenters. The zero-order valence-corrected chi connectivity index (χ0v) is 13.1. The van der Waals surface area contributed by atoms with Crippen molar-refractivity contribution in [3.05, 3.63) is 63.9 Å². The summed E-state index contributed by atoms with van der Waals surface area (Å²) in [5, 5.41) is 2.73. The summed E-state index contributed by atoms with van der Waals surface area (Å²) in [6.45, 7) is 2.73. The molecular formula is C16H15BrFNO2. The van der Waals surface area contributed by atoms with Gasteiger partial charge in [-0.05, 0) is 58.7 Å². The molecule has 2 aromatic carbocycles. The van der Waals surface area contributed by atoms with Crippen molar-refractivity contribution < 1.29 is 13.9 Å². The van der Waals surface area contributed by atoms with E-state index in [1.807, 2.05) is 31.2 Å². The minimum atomic E-state index is -0.388. The molecule has 0 aliphatic rings. The van der Waals surface area contributed by atoms with Crippen LogP contribution in [0.2, 0.25) is 0 Å². The topological polar surface area (TPSA) is 38.3 Å². The Morgan fingerprint density at radius 1 is 1.29 bits per heavy atom. The Bertz CT molecular complexity index is 646. The number of hydrogen-bond donors (Lipinski definition) is 1. The monoisotopic (exact) mass is 351 g/mol. The van der Waals surface area contributed by atoms with E-state index in [2.05, 4.69) is 21.2 Å². The van der Waals surface area contributed by atoms with Gasteiger partial charge in [0, 0.05) is 4.47 Å². The first-order valence-corrected chi connectivity index (χ1v) is 7.28. The second-order valence-corrected chi connectivity index (χ2v) is 5.40. The number of ether oxygens (including phenoxy) is 1. The quantitative estimate of drug-likeness (QED) is 0.834. The first-order chi connectivity index (χ1) is 10.1. The van der Waals surface area contributed by atoms with Crippen LogP contribution in [0, 0.1) is 12.7 Å². The third-order valence-corrected chi connectivity index (χ3v) is 3.48. The van der Waals surface area contributed by atoms with Crippen molar-refractivity contribution in [2.45, 2.75) is 6.92 Å². The van der Waals surface area contributed by atoms with E-state index < -0.39 is 0 Å². The third-order valence-electron chi connectivity index (χ3n) is 2.82. The highest BCUT2D eigenvalue weighted by atomic mass is 79.9. The Morgan fingerprint density at radius 3 is 2.81 bits per heavy atom. The molecular weight excluding hydrogens is 337 g/mol. The molecule has 0 spiro atoms. The molecule has 0 fully saturated rings. The molecule has 0 bridgehead atoms. The Balaban J connectivity index is 1.82. The largest absolute Gasteiger partial charge is 0.492 e. The van der Waals surface area contributed by atoms with Gasteiger partial charge >= 0.3 is 0 Å². The van der Waals surface area contributed by atoms with Crippen LogP contribution >= 0.6 is 15.9 Å². The van der Waals surface area contributed by atoms with Crippen LogP contribution in [0.15, 0.2) is 46.9 Å². The van der Waals surface area contributed by atoms with Gasteiger partial charge in [-0.1, -0.05) is 12.1 Å². The van der Waals surface area contributed by atoms with Crippen molar-refractivity contribution >= 4 is 21.8 Å².